The summed E-state index contributed by atoms with van der Waals surface area (Å²) in [5.74, 6) is 1.65. The Bertz CT molecular complexity index is 534. The van der Waals surface area contributed by atoms with E-state index in [1.807, 2.05) is 30.9 Å². The Morgan fingerprint density at radius 1 is 1.46 bits per heavy atom. The fraction of sp³-hybridized carbons (Fsp3) is 0.684. The van der Waals surface area contributed by atoms with Gasteiger partial charge in [-0.25, -0.2) is 4.98 Å². The first-order chi connectivity index (χ1) is 11.3. The van der Waals surface area contributed by atoms with E-state index in [0.717, 1.165) is 32.4 Å². The lowest BCUT2D eigenvalue weighted by molar-refractivity contribution is 0.0175. The Labute approximate surface area is 145 Å². The fourth-order valence-electron chi connectivity index (χ4n) is 2.90. The average Bonchev–Trinajstić information content (AvgIpc) is 2.59. The molecule has 1 amide bonds. The third-order valence-corrected chi connectivity index (χ3v) is 5.38. The number of anilines is 1. The number of carbonyl (C=O) groups excluding carboxylic acids is 1. The first-order valence-corrected chi connectivity index (χ1v) is 9.05. The molecule has 0 bridgehead atoms. The van der Waals surface area contributed by atoms with Gasteiger partial charge in [0, 0.05) is 25.8 Å². The van der Waals surface area contributed by atoms with E-state index in [2.05, 4.69) is 24.1 Å². The van der Waals surface area contributed by atoms with Gasteiger partial charge in [0.15, 0.2) is 0 Å². The van der Waals surface area contributed by atoms with Crippen LogP contribution in [-0.2, 0) is 0 Å². The van der Waals surface area contributed by atoms with E-state index < -0.39 is 5.60 Å². The van der Waals surface area contributed by atoms with Gasteiger partial charge >= 0.3 is 0 Å². The molecule has 2 N–H and O–H groups in total. The van der Waals surface area contributed by atoms with E-state index in [4.69, 9.17) is 0 Å². The zero-order valence-electron chi connectivity index (χ0n) is 15.4. The molecule has 0 radical (unpaired) electrons. The van der Waals surface area contributed by atoms with Crippen molar-refractivity contribution in [1.82, 2.24) is 9.88 Å². The lowest BCUT2D eigenvalue weighted by atomic mass is 9.89. The van der Waals surface area contributed by atoms with Gasteiger partial charge in [0.1, 0.15) is 5.82 Å². The number of hydrogen-bond acceptors (Lipinski definition) is 4. The third kappa shape index (κ3) is 4.69. The summed E-state index contributed by atoms with van der Waals surface area (Å²) >= 11 is 0. The molecule has 2 unspecified atom stereocenters. The smallest absolute Gasteiger partial charge is 0.255 e. The standard InChI is InChI=1S/C19H31N3O2/c1-5-15(3)19(4,24)13-21-17-7-6-16(12-20-17)18(23)22-10-8-14(2)9-11-22/h6-7,12,14-15,24H,5,8-11,13H2,1-4H3,(H,20,21). The van der Waals surface area contributed by atoms with Gasteiger partial charge in [-0.05, 0) is 43.7 Å². The van der Waals surface area contributed by atoms with Crippen LogP contribution in [0, 0.1) is 11.8 Å². The fourth-order valence-corrected chi connectivity index (χ4v) is 2.90. The van der Waals surface area contributed by atoms with E-state index in [0.29, 0.717) is 23.8 Å². The maximum atomic E-state index is 12.5. The van der Waals surface area contributed by atoms with Gasteiger partial charge in [0.05, 0.1) is 11.2 Å². The number of pyridine rings is 1. The number of aromatic nitrogens is 1. The lowest BCUT2D eigenvalue weighted by Crippen LogP contribution is -2.40. The van der Waals surface area contributed by atoms with Crippen LogP contribution in [0.1, 0.15) is 57.3 Å². The number of rotatable bonds is 6. The molecule has 1 aliphatic heterocycles. The van der Waals surface area contributed by atoms with Crippen molar-refractivity contribution in [2.24, 2.45) is 11.8 Å². The summed E-state index contributed by atoms with van der Waals surface area (Å²) in [5, 5.41) is 13.6. The predicted molar refractivity (Wildman–Crippen MR) is 97.1 cm³/mol. The number of amides is 1. The van der Waals surface area contributed by atoms with Crippen molar-refractivity contribution < 1.29 is 9.90 Å². The number of aliphatic hydroxyl groups is 1. The van der Waals surface area contributed by atoms with Crippen molar-refractivity contribution >= 4 is 11.7 Å². The topological polar surface area (TPSA) is 65.5 Å². The van der Waals surface area contributed by atoms with Gasteiger partial charge in [-0.3, -0.25) is 4.79 Å². The molecule has 5 nitrogen and oxygen atoms in total. The van der Waals surface area contributed by atoms with E-state index in [-0.39, 0.29) is 11.8 Å². The van der Waals surface area contributed by atoms with E-state index in [1.165, 1.54) is 0 Å². The highest BCUT2D eigenvalue weighted by Crippen LogP contribution is 2.21. The highest BCUT2D eigenvalue weighted by atomic mass is 16.3. The zero-order valence-corrected chi connectivity index (χ0v) is 15.4. The van der Waals surface area contributed by atoms with Crippen LogP contribution in [0.5, 0.6) is 0 Å². The van der Waals surface area contributed by atoms with E-state index in [1.54, 1.807) is 6.20 Å². The second-order valence-electron chi connectivity index (χ2n) is 7.43. The van der Waals surface area contributed by atoms with Crippen molar-refractivity contribution in [2.45, 2.75) is 52.6 Å². The molecule has 0 aliphatic carbocycles. The molecule has 134 valence electrons. The normalized spacial score (nSPS) is 19.6. The molecule has 0 spiro atoms. The molecular weight excluding hydrogens is 302 g/mol. The highest BCUT2D eigenvalue weighted by Gasteiger charge is 2.27. The zero-order chi connectivity index (χ0) is 17.7. The Balaban J connectivity index is 1.92. The van der Waals surface area contributed by atoms with Gasteiger partial charge in [0.2, 0.25) is 0 Å². The molecule has 24 heavy (non-hydrogen) atoms. The quantitative estimate of drug-likeness (QED) is 0.839. The van der Waals surface area contributed by atoms with Crippen LogP contribution < -0.4 is 5.32 Å². The first kappa shape index (κ1) is 18.7. The number of piperidine rings is 1. The van der Waals surface area contributed by atoms with Gasteiger partial charge in [-0.2, -0.15) is 0 Å². The van der Waals surface area contributed by atoms with Gasteiger partial charge in [-0.1, -0.05) is 27.2 Å². The molecule has 2 heterocycles. The summed E-state index contributed by atoms with van der Waals surface area (Å²) < 4.78 is 0. The van der Waals surface area contributed by atoms with E-state index in [9.17, 15) is 9.90 Å². The molecule has 1 aliphatic rings. The van der Waals surface area contributed by atoms with Crippen molar-refractivity contribution in [3.05, 3.63) is 23.9 Å². The first-order valence-electron chi connectivity index (χ1n) is 9.05. The SMILES string of the molecule is CCC(C)C(C)(O)CNc1ccc(C(=O)N2CCC(C)CC2)cn1. The van der Waals surface area contributed by atoms with Crippen LogP contribution in [0.15, 0.2) is 18.3 Å². The van der Waals surface area contributed by atoms with Gasteiger partial charge < -0.3 is 15.3 Å². The molecule has 1 aromatic rings. The second kappa shape index (κ2) is 7.97. The number of nitrogens with zero attached hydrogens (tertiary/aromatic N) is 2. The minimum atomic E-state index is -0.782. The maximum absolute atomic E-state index is 12.5. The molecule has 1 fully saturated rings. The summed E-state index contributed by atoms with van der Waals surface area (Å²) in [6, 6.07) is 3.63. The molecular formula is C19H31N3O2. The van der Waals surface area contributed by atoms with Crippen LogP contribution in [0.2, 0.25) is 0 Å². The Kier molecular flexibility index (Phi) is 6.21. The van der Waals surface area contributed by atoms with Crippen molar-refractivity contribution in [1.29, 1.82) is 0 Å². The third-order valence-electron chi connectivity index (χ3n) is 5.38. The summed E-state index contributed by atoms with van der Waals surface area (Å²) in [4.78, 5) is 18.7. The van der Waals surface area contributed by atoms with Crippen LogP contribution in [0.25, 0.3) is 0 Å². The minimum absolute atomic E-state index is 0.0625. The number of nitrogens with one attached hydrogen (secondary N) is 1. The lowest BCUT2D eigenvalue weighted by Gasteiger charge is -2.30. The van der Waals surface area contributed by atoms with Crippen LogP contribution in [-0.4, -0.2) is 46.1 Å². The number of hydrogen-bond donors (Lipinski definition) is 2. The van der Waals surface area contributed by atoms with Gasteiger partial charge in [-0.15, -0.1) is 0 Å². The van der Waals surface area contributed by atoms with E-state index >= 15 is 0 Å². The Hall–Kier alpha value is -1.62. The molecule has 5 heteroatoms. The predicted octanol–water partition coefficient (Wildman–Crippen LogP) is 3.16. The second-order valence-corrected chi connectivity index (χ2v) is 7.43. The molecule has 0 saturated carbocycles. The Morgan fingerprint density at radius 2 is 2.12 bits per heavy atom. The highest BCUT2D eigenvalue weighted by molar-refractivity contribution is 5.94. The maximum Gasteiger partial charge on any atom is 0.255 e. The molecule has 1 aromatic heterocycles. The average molecular weight is 333 g/mol. The largest absolute Gasteiger partial charge is 0.388 e. The van der Waals surface area contributed by atoms with Crippen molar-refractivity contribution in [3.8, 4) is 0 Å². The molecule has 2 rings (SSSR count). The van der Waals surface area contributed by atoms with Crippen LogP contribution in [0.3, 0.4) is 0 Å². The molecule has 0 aromatic carbocycles. The van der Waals surface area contributed by atoms with Crippen LogP contribution in [0.4, 0.5) is 5.82 Å². The number of carbonyl (C=O) groups is 1. The summed E-state index contributed by atoms with van der Waals surface area (Å²) in [5.41, 5.74) is -0.154. The summed E-state index contributed by atoms with van der Waals surface area (Å²) in [6.45, 7) is 10.3. The van der Waals surface area contributed by atoms with Crippen LogP contribution >= 0.6 is 0 Å². The molecule has 2 atom stereocenters. The van der Waals surface area contributed by atoms with Gasteiger partial charge in [0.25, 0.3) is 5.91 Å². The van der Waals surface area contributed by atoms with Crippen molar-refractivity contribution in [2.75, 3.05) is 25.0 Å². The number of likely N-dealkylation sites (tertiary alicyclic amines) is 1. The van der Waals surface area contributed by atoms with Crippen molar-refractivity contribution in [3.63, 3.8) is 0 Å². The Morgan fingerprint density at radius 3 is 2.67 bits per heavy atom. The minimum Gasteiger partial charge on any atom is -0.388 e. The molecule has 1 saturated heterocycles. The summed E-state index contributed by atoms with van der Waals surface area (Å²) in [6.07, 6.45) is 4.69. The summed E-state index contributed by atoms with van der Waals surface area (Å²) in [7, 11) is 0. The monoisotopic (exact) mass is 333 g/mol.